The largest absolute Gasteiger partial charge is 0.327 e. The number of aromatic nitrogens is 2. The number of hydrogen-bond acceptors (Lipinski definition) is 3. The van der Waals surface area contributed by atoms with Crippen LogP contribution in [0.4, 0.5) is 0 Å². The molecular formula is C13H25N3S. The molecule has 0 radical (unpaired) electrons. The Morgan fingerprint density at radius 3 is 2.59 bits per heavy atom. The number of hydrogen-bond donors (Lipinski definition) is 1. The van der Waals surface area contributed by atoms with Crippen molar-refractivity contribution in [3.8, 4) is 0 Å². The zero-order chi connectivity index (χ0) is 13.0. The minimum Gasteiger partial charge on any atom is -0.327 e. The zero-order valence-electron chi connectivity index (χ0n) is 11.7. The fourth-order valence-corrected chi connectivity index (χ4v) is 2.87. The van der Waals surface area contributed by atoms with E-state index >= 15 is 0 Å². The lowest BCUT2D eigenvalue weighted by Gasteiger charge is -2.11. The Hall–Kier alpha value is -0.480. The summed E-state index contributed by atoms with van der Waals surface area (Å²) in [5, 5.41) is 5.81. The average molecular weight is 255 g/mol. The first-order chi connectivity index (χ1) is 7.95. The van der Waals surface area contributed by atoms with Gasteiger partial charge >= 0.3 is 0 Å². The van der Waals surface area contributed by atoms with Crippen LogP contribution in [0.3, 0.4) is 0 Å². The third-order valence-electron chi connectivity index (χ3n) is 2.83. The Kier molecular flexibility index (Phi) is 5.53. The lowest BCUT2D eigenvalue weighted by Crippen LogP contribution is -2.22. The lowest BCUT2D eigenvalue weighted by atomic mass is 10.1. The van der Waals surface area contributed by atoms with Crippen LogP contribution in [0.15, 0.2) is 5.03 Å². The Bertz CT molecular complexity index is 358. The molecule has 1 aromatic heterocycles. The van der Waals surface area contributed by atoms with E-state index in [1.807, 2.05) is 23.5 Å². The first-order valence-corrected chi connectivity index (χ1v) is 7.35. The molecule has 1 atom stereocenters. The fourth-order valence-electron chi connectivity index (χ4n) is 1.75. The maximum Gasteiger partial charge on any atom is 0.0972 e. The fraction of sp³-hybridized carbons (Fsp3) is 0.769. The number of aryl methyl sites for hydroxylation is 2. The van der Waals surface area contributed by atoms with Gasteiger partial charge in [-0.1, -0.05) is 20.8 Å². The van der Waals surface area contributed by atoms with Gasteiger partial charge in [-0.05, 0) is 25.7 Å². The monoisotopic (exact) mass is 255 g/mol. The van der Waals surface area contributed by atoms with Gasteiger partial charge in [0.2, 0.25) is 0 Å². The maximum atomic E-state index is 6.06. The topological polar surface area (TPSA) is 43.8 Å². The molecule has 3 nitrogen and oxygen atoms in total. The second-order valence-corrected chi connectivity index (χ2v) is 6.08. The lowest BCUT2D eigenvalue weighted by molar-refractivity contribution is 0.630. The third-order valence-corrected chi connectivity index (χ3v) is 4.45. The van der Waals surface area contributed by atoms with E-state index in [0.717, 1.165) is 24.3 Å². The average Bonchev–Trinajstić information content (AvgIpc) is 2.51. The quantitative estimate of drug-likeness (QED) is 0.795. The molecule has 1 heterocycles. The highest BCUT2D eigenvalue weighted by Crippen LogP contribution is 2.27. The van der Waals surface area contributed by atoms with Crippen LogP contribution in [0.5, 0.6) is 0 Å². The number of nitrogens with two attached hydrogens (primary N) is 1. The molecule has 0 saturated heterocycles. The van der Waals surface area contributed by atoms with Crippen molar-refractivity contribution in [1.29, 1.82) is 0 Å². The van der Waals surface area contributed by atoms with Gasteiger partial charge in [-0.3, -0.25) is 4.68 Å². The van der Waals surface area contributed by atoms with Crippen LogP contribution in [-0.4, -0.2) is 21.6 Å². The van der Waals surface area contributed by atoms with E-state index in [0.29, 0.717) is 5.92 Å². The molecule has 0 aliphatic rings. The minimum atomic E-state index is 0.247. The summed E-state index contributed by atoms with van der Waals surface area (Å²) in [5.74, 6) is 1.83. The molecule has 0 saturated carbocycles. The van der Waals surface area contributed by atoms with Crippen LogP contribution in [0.1, 0.15) is 38.4 Å². The van der Waals surface area contributed by atoms with E-state index < -0.39 is 0 Å². The highest BCUT2D eigenvalue weighted by atomic mass is 32.2. The van der Waals surface area contributed by atoms with Gasteiger partial charge in [-0.2, -0.15) is 5.10 Å². The predicted octanol–water partition coefficient (Wildman–Crippen LogP) is 2.76. The molecule has 2 N–H and O–H groups in total. The number of thioether (sulfide) groups is 1. The molecule has 98 valence electrons. The number of rotatable bonds is 6. The molecule has 0 amide bonds. The Labute approximate surface area is 109 Å². The van der Waals surface area contributed by atoms with Crippen molar-refractivity contribution in [1.82, 2.24) is 9.78 Å². The predicted molar refractivity (Wildman–Crippen MR) is 75.5 cm³/mol. The van der Waals surface area contributed by atoms with Gasteiger partial charge in [-0.15, -0.1) is 11.8 Å². The Morgan fingerprint density at radius 1 is 1.41 bits per heavy atom. The van der Waals surface area contributed by atoms with Gasteiger partial charge in [-0.25, -0.2) is 0 Å². The van der Waals surface area contributed by atoms with Crippen LogP contribution < -0.4 is 5.73 Å². The summed E-state index contributed by atoms with van der Waals surface area (Å²) in [6.45, 7) is 8.70. The van der Waals surface area contributed by atoms with E-state index in [9.17, 15) is 0 Å². The molecule has 0 spiro atoms. The highest BCUT2D eigenvalue weighted by molar-refractivity contribution is 7.99. The van der Waals surface area contributed by atoms with Crippen molar-refractivity contribution < 1.29 is 0 Å². The maximum absolute atomic E-state index is 6.06. The van der Waals surface area contributed by atoms with Gasteiger partial charge in [0, 0.05) is 24.4 Å². The molecular weight excluding hydrogens is 230 g/mol. The minimum absolute atomic E-state index is 0.247. The molecule has 1 rings (SSSR count). The normalized spacial score (nSPS) is 13.4. The van der Waals surface area contributed by atoms with Crippen molar-refractivity contribution in [2.45, 2.75) is 51.6 Å². The summed E-state index contributed by atoms with van der Waals surface area (Å²) in [4.78, 5) is 0. The smallest absolute Gasteiger partial charge is 0.0972 e. The molecule has 17 heavy (non-hydrogen) atoms. The molecule has 1 unspecified atom stereocenters. The van der Waals surface area contributed by atoms with E-state index in [1.165, 1.54) is 10.6 Å². The van der Waals surface area contributed by atoms with Crippen LogP contribution >= 0.6 is 11.8 Å². The van der Waals surface area contributed by atoms with E-state index in [-0.39, 0.29) is 6.04 Å². The molecule has 0 aromatic carbocycles. The summed E-state index contributed by atoms with van der Waals surface area (Å²) in [6.07, 6.45) is 1.96. The molecule has 0 bridgehead atoms. The van der Waals surface area contributed by atoms with E-state index in [2.05, 4.69) is 32.8 Å². The second-order valence-electron chi connectivity index (χ2n) is 5.07. The molecule has 0 fully saturated rings. The SMILES string of the molecule is CCC(N)Cc1c(C)nn(C)c1SCC(C)C. The summed E-state index contributed by atoms with van der Waals surface area (Å²) >= 11 is 1.90. The van der Waals surface area contributed by atoms with Crippen molar-refractivity contribution in [2.75, 3.05) is 5.75 Å². The van der Waals surface area contributed by atoms with Gasteiger partial charge in [0.1, 0.15) is 0 Å². The van der Waals surface area contributed by atoms with Crippen molar-refractivity contribution in [3.05, 3.63) is 11.3 Å². The van der Waals surface area contributed by atoms with Crippen molar-refractivity contribution in [2.24, 2.45) is 18.7 Å². The van der Waals surface area contributed by atoms with Crippen LogP contribution in [-0.2, 0) is 13.5 Å². The molecule has 4 heteroatoms. The molecule has 0 aliphatic carbocycles. The van der Waals surface area contributed by atoms with Gasteiger partial charge in [0.05, 0.1) is 10.7 Å². The Morgan fingerprint density at radius 2 is 2.06 bits per heavy atom. The van der Waals surface area contributed by atoms with Gasteiger partial charge in [0.25, 0.3) is 0 Å². The highest BCUT2D eigenvalue weighted by Gasteiger charge is 2.16. The summed E-state index contributed by atoms with van der Waals surface area (Å²) in [5.41, 5.74) is 8.53. The first kappa shape index (κ1) is 14.6. The second kappa shape index (κ2) is 6.45. The van der Waals surface area contributed by atoms with E-state index in [4.69, 9.17) is 5.73 Å². The Balaban J connectivity index is 2.86. The van der Waals surface area contributed by atoms with Crippen LogP contribution in [0.2, 0.25) is 0 Å². The molecule has 1 aromatic rings. The van der Waals surface area contributed by atoms with Gasteiger partial charge in [0.15, 0.2) is 0 Å². The summed E-state index contributed by atoms with van der Waals surface area (Å²) in [7, 11) is 2.02. The summed E-state index contributed by atoms with van der Waals surface area (Å²) in [6, 6.07) is 0.247. The molecule has 0 aliphatic heterocycles. The third kappa shape index (κ3) is 4.03. The standard InChI is InChI=1S/C13H25N3S/c1-6-11(14)7-12-10(4)15-16(5)13(12)17-8-9(2)3/h9,11H,6-8,14H2,1-5H3. The van der Waals surface area contributed by atoms with Crippen molar-refractivity contribution in [3.63, 3.8) is 0 Å². The van der Waals surface area contributed by atoms with Crippen LogP contribution in [0.25, 0.3) is 0 Å². The number of nitrogens with zero attached hydrogens (tertiary/aromatic N) is 2. The van der Waals surface area contributed by atoms with E-state index in [1.54, 1.807) is 0 Å². The van der Waals surface area contributed by atoms with Crippen molar-refractivity contribution >= 4 is 11.8 Å². The summed E-state index contributed by atoms with van der Waals surface area (Å²) < 4.78 is 2.00. The zero-order valence-corrected chi connectivity index (χ0v) is 12.5. The first-order valence-electron chi connectivity index (χ1n) is 6.36. The van der Waals surface area contributed by atoms with Gasteiger partial charge < -0.3 is 5.73 Å². The van der Waals surface area contributed by atoms with Crippen LogP contribution in [0, 0.1) is 12.8 Å².